The number of fused-ring (bicyclic) bond motifs is 2. The van der Waals surface area contributed by atoms with E-state index < -0.39 is 50.9 Å². The third-order valence-corrected chi connectivity index (χ3v) is 7.48. The van der Waals surface area contributed by atoms with Crippen molar-refractivity contribution >= 4 is 27.7 Å². The molecule has 0 aliphatic carbocycles. The lowest BCUT2D eigenvalue weighted by Gasteiger charge is -2.32. The average molecular weight is 516 g/mol. The summed E-state index contributed by atoms with van der Waals surface area (Å²) in [6.07, 6.45) is 0.580. The Morgan fingerprint density at radius 1 is 1.29 bits per heavy atom. The van der Waals surface area contributed by atoms with E-state index in [0.717, 1.165) is 0 Å². The molecule has 0 radical (unpaired) electrons. The first-order valence-electron chi connectivity index (χ1n) is 10.6. The topological polar surface area (TPSA) is 119 Å². The van der Waals surface area contributed by atoms with Gasteiger partial charge >= 0.3 is 6.09 Å². The molecule has 35 heavy (non-hydrogen) atoms. The van der Waals surface area contributed by atoms with E-state index in [4.69, 9.17) is 9.47 Å². The molecule has 1 aromatic carbocycles. The van der Waals surface area contributed by atoms with Gasteiger partial charge in [0.25, 0.3) is 5.91 Å². The van der Waals surface area contributed by atoms with E-state index in [9.17, 15) is 31.2 Å². The number of aromatic nitrogens is 1. The summed E-state index contributed by atoms with van der Waals surface area (Å²) in [7, 11) is -2.81. The Bertz CT molecular complexity index is 1290. The summed E-state index contributed by atoms with van der Waals surface area (Å²) in [4.78, 5) is 26.2. The van der Waals surface area contributed by atoms with Gasteiger partial charge < -0.3 is 24.3 Å². The fourth-order valence-electron chi connectivity index (χ4n) is 4.21. The molecule has 190 valence electrons. The molecule has 10 nitrogen and oxygen atoms in total. The SMILES string of the molecule is CCOC(=O)N1C[C@H]2NS(=O)(=O)c3cn(C)c(C(=O)Nc4cc(F)c(F)c(F)c4)c3OC[C@@]2(C)C1. The zero-order valence-corrected chi connectivity index (χ0v) is 19.8. The first kappa shape index (κ1) is 24.9. The number of rotatable bonds is 3. The zero-order chi connectivity index (χ0) is 25.7. The molecule has 1 fully saturated rings. The number of carbonyl (C=O) groups excluding carboxylic acids is 2. The number of hydrogen-bond acceptors (Lipinski definition) is 6. The van der Waals surface area contributed by atoms with Crippen molar-refractivity contribution in [3.05, 3.63) is 41.5 Å². The van der Waals surface area contributed by atoms with Gasteiger partial charge in [-0.15, -0.1) is 0 Å². The van der Waals surface area contributed by atoms with Crippen molar-refractivity contribution in [1.82, 2.24) is 14.2 Å². The second kappa shape index (κ2) is 8.75. The molecule has 1 aromatic heterocycles. The van der Waals surface area contributed by atoms with Crippen LogP contribution in [0.15, 0.2) is 23.2 Å². The number of likely N-dealkylation sites (tertiary alicyclic amines) is 1. The molecule has 3 heterocycles. The molecule has 0 spiro atoms. The zero-order valence-electron chi connectivity index (χ0n) is 19.0. The Hall–Kier alpha value is -3.26. The summed E-state index contributed by atoms with van der Waals surface area (Å²) >= 11 is 0. The molecule has 0 unspecified atom stereocenters. The number of anilines is 1. The largest absolute Gasteiger partial charge is 0.489 e. The molecule has 0 bridgehead atoms. The molecule has 1 saturated heterocycles. The van der Waals surface area contributed by atoms with Gasteiger partial charge in [-0.2, -0.15) is 0 Å². The van der Waals surface area contributed by atoms with Crippen LogP contribution in [0, 0.1) is 22.9 Å². The van der Waals surface area contributed by atoms with Crippen molar-refractivity contribution in [2.24, 2.45) is 12.5 Å². The first-order valence-corrected chi connectivity index (χ1v) is 12.1. The van der Waals surface area contributed by atoms with Crippen molar-refractivity contribution in [3.8, 4) is 5.75 Å². The molecule has 2 aliphatic rings. The minimum atomic E-state index is -4.21. The van der Waals surface area contributed by atoms with Crippen LogP contribution in [0.4, 0.5) is 23.7 Å². The molecule has 0 saturated carbocycles. The maximum absolute atomic E-state index is 13.6. The number of hydrogen-bond donors (Lipinski definition) is 2. The lowest BCUT2D eigenvalue weighted by Crippen LogP contribution is -2.49. The number of amides is 2. The molecule has 2 aromatic rings. The average Bonchev–Trinajstić information content (AvgIpc) is 3.27. The van der Waals surface area contributed by atoms with Crippen LogP contribution in [0.3, 0.4) is 0 Å². The number of nitrogens with one attached hydrogen (secondary N) is 2. The van der Waals surface area contributed by atoms with Gasteiger partial charge in [0.2, 0.25) is 10.0 Å². The van der Waals surface area contributed by atoms with Gasteiger partial charge in [0, 0.05) is 49.6 Å². The monoisotopic (exact) mass is 516 g/mol. The van der Waals surface area contributed by atoms with Gasteiger partial charge in [0.15, 0.2) is 28.9 Å². The van der Waals surface area contributed by atoms with E-state index in [1.807, 2.05) is 0 Å². The summed E-state index contributed by atoms with van der Waals surface area (Å²) in [5.74, 6) is -5.90. The minimum absolute atomic E-state index is 0.0623. The van der Waals surface area contributed by atoms with E-state index in [2.05, 4.69) is 10.0 Å². The van der Waals surface area contributed by atoms with E-state index in [1.54, 1.807) is 13.8 Å². The van der Waals surface area contributed by atoms with E-state index >= 15 is 0 Å². The Morgan fingerprint density at radius 2 is 1.94 bits per heavy atom. The predicted octanol–water partition coefficient (Wildman–Crippen LogP) is 2.21. The molecule has 4 rings (SSSR count). The maximum Gasteiger partial charge on any atom is 0.409 e. The van der Waals surface area contributed by atoms with Crippen LogP contribution >= 0.6 is 0 Å². The van der Waals surface area contributed by atoms with Gasteiger partial charge in [-0.05, 0) is 6.92 Å². The van der Waals surface area contributed by atoms with Gasteiger partial charge in [0.1, 0.15) is 4.90 Å². The summed E-state index contributed by atoms with van der Waals surface area (Å²) in [6.45, 7) is 3.68. The number of aryl methyl sites for hydroxylation is 1. The Balaban J connectivity index is 1.67. The molecular weight excluding hydrogens is 493 g/mol. The van der Waals surface area contributed by atoms with Crippen LogP contribution in [0.25, 0.3) is 0 Å². The number of halogens is 3. The smallest absolute Gasteiger partial charge is 0.409 e. The van der Waals surface area contributed by atoms with Crippen LogP contribution in [-0.2, 0) is 21.8 Å². The fraction of sp³-hybridized carbons (Fsp3) is 0.429. The number of carbonyl (C=O) groups is 2. The van der Waals surface area contributed by atoms with Crippen LogP contribution < -0.4 is 14.8 Å². The van der Waals surface area contributed by atoms with Crippen molar-refractivity contribution < 1.29 is 40.7 Å². The number of sulfonamides is 1. The highest BCUT2D eigenvalue weighted by molar-refractivity contribution is 7.89. The van der Waals surface area contributed by atoms with Crippen LogP contribution in [0.5, 0.6) is 5.75 Å². The highest BCUT2D eigenvalue weighted by Gasteiger charge is 2.50. The van der Waals surface area contributed by atoms with Crippen LogP contribution in [-0.4, -0.2) is 62.2 Å². The minimum Gasteiger partial charge on any atom is -0.489 e. The number of nitrogens with zero attached hydrogens (tertiary/aromatic N) is 2. The molecule has 14 heteroatoms. The fourth-order valence-corrected chi connectivity index (χ4v) is 5.76. The lowest BCUT2D eigenvalue weighted by atomic mass is 9.87. The molecule has 2 amide bonds. The standard InChI is InChI=1S/C21H23F3N4O6S/c1-4-33-20(30)28-8-15-21(2,9-28)10-34-18-14(35(31,32)26-15)7-27(3)17(18)19(29)25-11-5-12(22)16(24)13(23)6-11/h5-7,15,26H,4,8-10H2,1-3H3,(H,25,29)/t15-,21-/m1/s1. The summed E-state index contributed by atoms with van der Waals surface area (Å²) in [5, 5.41) is 2.23. The molecule has 2 atom stereocenters. The predicted molar refractivity (Wildman–Crippen MR) is 116 cm³/mol. The highest BCUT2D eigenvalue weighted by atomic mass is 32.2. The molecular formula is C21H23F3N4O6S. The summed E-state index contributed by atoms with van der Waals surface area (Å²) in [5.41, 5.74) is -1.47. The number of ether oxygens (including phenoxy) is 2. The van der Waals surface area contributed by atoms with E-state index in [1.165, 1.54) is 22.7 Å². The quantitative estimate of drug-likeness (QED) is 0.604. The second-order valence-electron chi connectivity index (χ2n) is 8.69. The maximum atomic E-state index is 13.6. The van der Waals surface area contributed by atoms with Crippen molar-refractivity contribution in [1.29, 1.82) is 0 Å². The van der Waals surface area contributed by atoms with E-state index in [0.29, 0.717) is 12.1 Å². The van der Waals surface area contributed by atoms with Gasteiger partial charge in [-0.3, -0.25) is 4.79 Å². The van der Waals surface area contributed by atoms with Crippen LogP contribution in [0.2, 0.25) is 0 Å². The summed E-state index contributed by atoms with van der Waals surface area (Å²) in [6, 6.07) is 0.500. The molecule has 2 aliphatic heterocycles. The first-order chi connectivity index (χ1) is 16.4. The van der Waals surface area contributed by atoms with Crippen molar-refractivity contribution in [3.63, 3.8) is 0 Å². The van der Waals surface area contributed by atoms with Gasteiger partial charge in [-0.1, -0.05) is 6.92 Å². The third-order valence-electron chi connectivity index (χ3n) is 6.01. The van der Waals surface area contributed by atoms with Crippen LogP contribution in [0.1, 0.15) is 24.3 Å². The Morgan fingerprint density at radius 3 is 2.57 bits per heavy atom. The van der Waals surface area contributed by atoms with Crippen molar-refractivity contribution in [2.45, 2.75) is 24.8 Å². The summed E-state index contributed by atoms with van der Waals surface area (Å²) < 4.78 is 81.4. The van der Waals surface area contributed by atoms with E-state index in [-0.39, 0.29) is 48.3 Å². The van der Waals surface area contributed by atoms with Crippen molar-refractivity contribution in [2.75, 3.05) is 31.6 Å². The highest BCUT2D eigenvalue weighted by Crippen LogP contribution is 2.39. The number of benzene rings is 1. The lowest BCUT2D eigenvalue weighted by molar-refractivity contribution is 0.0994. The second-order valence-corrected chi connectivity index (χ2v) is 10.4. The third kappa shape index (κ3) is 4.43. The van der Waals surface area contributed by atoms with Gasteiger partial charge in [0.05, 0.1) is 19.3 Å². The molecule has 2 N–H and O–H groups in total. The normalized spacial score (nSPS) is 22.9. The Labute approximate surface area is 199 Å². The Kier molecular flexibility index (Phi) is 6.21. The van der Waals surface area contributed by atoms with Gasteiger partial charge in [-0.25, -0.2) is 31.1 Å².